The van der Waals surface area contributed by atoms with Crippen molar-refractivity contribution in [1.82, 2.24) is 10.2 Å². The Kier molecular flexibility index (Phi) is 3.63. The van der Waals surface area contributed by atoms with Crippen molar-refractivity contribution < 1.29 is 4.79 Å². The first kappa shape index (κ1) is 12.7. The summed E-state index contributed by atoms with van der Waals surface area (Å²) < 4.78 is 0. The van der Waals surface area contributed by atoms with E-state index >= 15 is 0 Å². The first-order valence-electron chi connectivity index (χ1n) is 6.87. The van der Waals surface area contributed by atoms with Crippen molar-refractivity contribution in [2.45, 2.75) is 19.3 Å². The van der Waals surface area contributed by atoms with Gasteiger partial charge in [0.1, 0.15) is 0 Å². The summed E-state index contributed by atoms with van der Waals surface area (Å²) in [5.41, 5.74) is 2.88. The number of anilines is 1. The number of allylic oxidation sites excluding steroid dienone is 2. The fourth-order valence-corrected chi connectivity index (χ4v) is 2.50. The molecule has 0 radical (unpaired) electrons. The van der Waals surface area contributed by atoms with Gasteiger partial charge < -0.3 is 5.32 Å². The fraction of sp³-hybridized carbons (Fsp3) is 0.250. The minimum Gasteiger partial charge on any atom is -0.326 e. The number of hydrogen-bond acceptors (Lipinski definition) is 2. The molecular formula is C16H17N3O. The molecule has 0 aliphatic heterocycles. The van der Waals surface area contributed by atoms with E-state index < -0.39 is 0 Å². The number of nitrogens with one attached hydrogen (secondary N) is 2. The Bertz CT molecular complexity index is 616. The van der Waals surface area contributed by atoms with E-state index in [2.05, 4.69) is 27.7 Å². The lowest BCUT2D eigenvalue weighted by molar-refractivity contribution is -0.116. The number of nitrogens with zero attached hydrogens (tertiary/aromatic N) is 1. The van der Waals surface area contributed by atoms with Crippen molar-refractivity contribution in [2.75, 3.05) is 5.32 Å². The minimum absolute atomic E-state index is 0.0749. The van der Waals surface area contributed by atoms with Crippen molar-refractivity contribution in [2.24, 2.45) is 5.92 Å². The lowest BCUT2D eigenvalue weighted by Gasteiger charge is -2.09. The molecular weight excluding hydrogens is 250 g/mol. The molecule has 2 N–H and O–H groups in total. The third-order valence-electron chi connectivity index (χ3n) is 3.54. The van der Waals surface area contributed by atoms with Gasteiger partial charge in [-0.1, -0.05) is 24.3 Å². The van der Waals surface area contributed by atoms with Crippen LogP contribution < -0.4 is 5.32 Å². The maximum Gasteiger partial charge on any atom is 0.224 e. The highest BCUT2D eigenvalue weighted by molar-refractivity contribution is 5.91. The van der Waals surface area contributed by atoms with Crippen LogP contribution in [-0.2, 0) is 4.79 Å². The van der Waals surface area contributed by atoms with Gasteiger partial charge >= 0.3 is 0 Å². The molecule has 1 amide bonds. The van der Waals surface area contributed by atoms with Crippen LogP contribution in [0.4, 0.5) is 5.69 Å². The number of aromatic amines is 1. The van der Waals surface area contributed by atoms with E-state index in [0.717, 1.165) is 29.7 Å². The van der Waals surface area contributed by atoms with Gasteiger partial charge in [-0.25, -0.2) is 0 Å². The third-order valence-corrected chi connectivity index (χ3v) is 3.54. The Hall–Kier alpha value is -2.36. The van der Waals surface area contributed by atoms with Gasteiger partial charge in [0.25, 0.3) is 0 Å². The molecule has 4 nitrogen and oxygen atoms in total. The average molecular weight is 267 g/mol. The highest BCUT2D eigenvalue weighted by Gasteiger charge is 2.14. The van der Waals surface area contributed by atoms with Crippen LogP contribution in [0, 0.1) is 5.92 Å². The number of rotatable bonds is 4. The Labute approximate surface area is 117 Å². The molecule has 0 saturated heterocycles. The molecule has 3 rings (SSSR count). The molecule has 1 atom stereocenters. The lowest BCUT2D eigenvalue weighted by Crippen LogP contribution is -2.14. The molecule has 102 valence electrons. The number of hydrogen-bond donors (Lipinski definition) is 2. The van der Waals surface area contributed by atoms with E-state index in [1.165, 1.54) is 0 Å². The Morgan fingerprint density at radius 1 is 1.40 bits per heavy atom. The fourth-order valence-electron chi connectivity index (χ4n) is 2.50. The summed E-state index contributed by atoms with van der Waals surface area (Å²) in [6.45, 7) is 0. The summed E-state index contributed by atoms with van der Waals surface area (Å²) in [6, 6.07) is 7.81. The highest BCUT2D eigenvalue weighted by Crippen LogP contribution is 2.23. The number of aromatic nitrogens is 2. The molecule has 4 heteroatoms. The van der Waals surface area contributed by atoms with Crippen LogP contribution in [0.15, 0.2) is 48.8 Å². The Morgan fingerprint density at radius 3 is 3.10 bits per heavy atom. The summed E-state index contributed by atoms with van der Waals surface area (Å²) in [7, 11) is 0. The van der Waals surface area contributed by atoms with E-state index in [-0.39, 0.29) is 5.91 Å². The summed E-state index contributed by atoms with van der Waals surface area (Å²) in [6.07, 6.45) is 10.6. The van der Waals surface area contributed by atoms with Gasteiger partial charge in [-0.2, -0.15) is 5.10 Å². The minimum atomic E-state index is 0.0749. The quantitative estimate of drug-likeness (QED) is 0.834. The van der Waals surface area contributed by atoms with Crippen LogP contribution in [0.25, 0.3) is 11.1 Å². The van der Waals surface area contributed by atoms with Crippen molar-refractivity contribution in [3.63, 3.8) is 0 Å². The SMILES string of the molecule is O=C(CC1C=CCC1)Nc1cccc(-c2cn[nH]c2)c1. The van der Waals surface area contributed by atoms with Gasteiger partial charge in [-0.05, 0) is 36.5 Å². The molecule has 1 heterocycles. The van der Waals surface area contributed by atoms with E-state index in [4.69, 9.17) is 0 Å². The second-order valence-corrected chi connectivity index (χ2v) is 5.09. The molecule has 1 aliphatic rings. The van der Waals surface area contributed by atoms with Gasteiger partial charge in [-0.3, -0.25) is 9.89 Å². The van der Waals surface area contributed by atoms with Gasteiger partial charge in [-0.15, -0.1) is 0 Å². The summed E-state index contributed by atoms with van der Waals surface area (Å²) >= 11 is 0. The lowest BCUT2D eigenvalue weighted by atomic mass is 10.0. The van der Waals surface area contributed by atoms with Gasteiger partial charge in [0.15, 0.2) is 0 Å². The standard InChI is InChI=1S/C16H17N3O/c20-16(8-12-4-1-2-5-12)19-15-7-3-6-13(9-15)14-10-17-18-11-14/h1,3-4,6-7,9-12H,2,5,8H2,(H,17,18)(H,19,20). The number of carbonyl (C=O) groups excluding carboxylic acids is 1. The van der Waals surface area contributed by atoms with Gasteiger partial charge in [0, 0.05) is 23.9 Å². The first-order valence-corrected chi connectivity index (χ1v) is 6.87. The van der Waals surface area contributed by atoms with E-state index in [1.807, 2.05) is 30.5 Å². The predicted octanol–water partition coefficient (Wildman–Crippen LogP) is 3.37. The maximum absolute atomic E-state index is 12.0. The average Bonchev–Trinajstić information content (AvgIpc) is 3.11. The number of H-pyrrole nitrogens is 1. The monoisotopic (exact) mass is 267 g/mol. The molecule has 0 bridgehead atoms. The number of carbonyl (C=O) groups is 1. The topological polar surface area (TPSA) is 57.8 Å². The first-order chi connectivity index (χ1) is 9.81. The van der Waals surface area contributed by atoms with Crippen molar-refractivity contribution in [3.8, 4) is 11.1 Å². The zero-order chi connectivity index (χ0) is 13.8. The normalized spacial score (nSPS) is 17.3. The van der Waals surface area contributed by atoms with Crippen LogP contribution in [0.5, 0.6) is 0 Å². The zero-order valence-corrected chi connectivity index (χ0v) is 11.2. The van der Waals surface area contributed by atoms with E-state index in [0.29, 0.717) is 12.3 Å². The highest BCUT2D eigenvalue weighted by atomic mass is 16.1. The smallest absolute Gasteiger partial charge is 0.224 e. The number of amides is 1. The Balaban J connectivity index is 1.66. The number of benzene rings is 1. The van der Waals surface area contributed by atoms with Crippen molar-refractivity contribution in [3.05, 3.63) is 48.8 Å². The molecule has 1 aromatic carbocycles. The van der Waals surface area contributed by atoms with Crippen molar-refractivity contribution in [1.29, 1.82) is 0 Å². The third kappa shape index (κ3) is 2.96. The van der Waals surface area contributed by atoms with E-state index in [9.17, 15) is 4.79 Å². The van der Waals surface area contributed by atoms with Crippen LogP contribution >= 0.6 is 0 Å². The summed E-state index contributed by atoms with van der Waals surface area (Å²) in [5.74, 6) is 0.470. The molecule has 0 fully saturated rings. The molecule has 1 unspecified atom stereocenters. The van der Waals surface area contributed by atoms with Gasteiger partial charge in [0.05, 0.1) is 6.20 Å². The summed E-state index contributed by atoms with van der Waals surface area (Å²) in [5, 5.41) is 9.70. The van der Waals surface area contributed by atoms with Crippen LogP contribution in [-0.4, -0.2) is 16.1 Å². The van der Waals surface area contributed by atoms with Crippen molar-refractivity contribution >= 4 is 11.6 Å². The zero-order valence-electron chi connectivity index (χ0n) is 11.2. The van der Waals surface area contributed by atoms with Gasteiger partial charge in [0.2, 0.25) is 5.91 Å². The molecule has 0 saturated carbocycles. The molecule has 1 aliphatic carbocycles. The molecule has 0 spiro atoms. The largest absolute Gasteiger partial charge is 0.326 e. The second-order valence-electron chi connectivity index (χ2n) is 5.09. The Morgan fingerprint density at radius 2 is 2.35 bits per heavy atom. The summed E-state index contributed by atoms with van der Waals surface area (Å²) in [4.78, 5) is 12.0. The maximum atomic E-state index is 12.0. The molecule has 20 heavy (non-hydrogen) atoms. The molecule has 1 aromatic heterocycles. The van der Waals surface area contributed by atoms with Crippen LogP contribution in [0.1, 0.15) is 19.3 Å². The van der Waals surface area contributed by atoms with Crippen LogP contribution in [0.3, 0.4) is 0 Å². The predicted molar refractivity (Wildman–Crippen MR) is 79.1 cm³/mol. The van der Waals surface area contributed by atoms with E-state index in [1.54, 1.807) is 6.20 Å². The second kappa shape index (κ2) is 5.74. The van der Waals surface area contributed by atoms with Crippen LogP contribution in [0.2, 0.25) is 0 Å². The molecule has 2 aromatic rings.